The van der Waals surface area contributed by atoms with Gasteiger partial charge in [0.25, 0.3) is 0 Å². The third-order valence-electron chi connectivity index (χ3n) is 2.34. The number of hydrogen-bond donors (Lipinski definition) is 1. The molecule has 0 fully saturated rings. The first kappa shape index (κ1) is 11.2. The summed E-state index contributed by atoms with van der Waals surface area (Å²) in [5.41, 5.74) is 1.47. The van der Waals surface area contributed by atoms with E-state index in [9.17, 15) is 9.50 Å². The van der Waals surface area contributed by atoms with Gasteiger partial charge < -0.3 is 9.52 Å². The summed E-state index contributed by atoms with van der Waals surface area (Å²) in [7, 11) is 0. The van der Waals surface area contributed by atoms with Gasteiger partial charge in [-0.25, -0.2) is 4.39 Å². The molecule has 1 unspecified atom stereocenters. The highest BCUT2D eigenvalue weighted by atomic mass is 35.5. The first-order valence-corrected chi connectivity index (χ1v) is 5.18. The summed E-state index contributed by atoms with van der Waals surface area (Å²) >= 11 is 5.64. The SMILES string of the molecule is OC(Cc1ccoc1)c1ccc(F)c(Cl)c1. The quantitative estimate of drug-likeness (QED) is 0.893. The topological polar surface area (TPSA) is 33.4 Å². The molecular weight excluding hydrogens is 231 g/mol. The van der Waals surface area contributed by atoms with E-state index < -0.39 is 11.9 Å². The number of hydrogen-bond acceptors (Lipinski definition) is 2. The second-order valence-electron chi connectivity index (χ2n) is 3.53. The van der Waals surface area contributed by atoms with Gasteiger partial charge in [0.2, 0.25) is 0 Å². The number of aliphatic hydroxyl groups excluding tert-OH is 1. The number of rotatable bonds is 3. The van der Waals surface area contributed by atoms with Crippen molar-refractivity contribution in [3.8, 4) is 0 Å². The van der Waals surface area contributed by atoms with Crippen molar-refractivity contribution in [2.45, 2.75) is 12.5 Å². The third kappa shape index (κ3) is 2.43. The molecule has 0 saturated carbocycles. The Balaban J connectivity index is 2.14. The highest BCUT2D eigenvalue weighted by molar-refractivity contribution is 6.30. The van der Waals surface area contributed by atoms with Gasteiger partial charge >= 0.3 is 0 Å². The van der Waals surface area contributed by atoms with Crippen LogP contribution in [0.25, 0.3) is 0 Å². The van der Waals surface area contributed by atoms with Gasteiger partial charge in [0.1, 0.15) is 5.82 Å². The maximum atomic E-state index is 12.9. The Kier molecular flexibility index (Phi) is 3.27. The first-order valence-electron chi connectivity index (χ1n) is 4.81. The Hall–Kier alpha value is -1.32. The van der Waals surface area contributed by atoms with Crippen LogP contribution in [-0.4, -0.2) is 5.11 Å². The lowest BCUT2D eigenvalue weighted by molar-refractivity contribution is 0.178. The largest absolute Gasteiger partial charge is 0.472 e. The molecule has 0 bridgehead atoms. The van der Waals surface area contributed by atoms with Crippen molar-refractivity contribution in [1.29, 1.82) is 0 Å². The van der Waals surface area contributed by atoms with E-state index >= 15 is 0 Å². The standard InChI is InChI=1S/C12H10ClFO2/c13-10-6-9(1-2-11(10)14)12(15)5-8-3-4-16-7-8/h1-4,6-7,12,15H,5H2. The fraction of sp³-hybridized carbons (Fsp3) is 0.167. The van der Waals surface area contributed by atoms with Gasteiger partial charge in [-0.1, -0.05) is 17.7 Å². The third-order valence-corrected chi connectivity index (χ3v) is 2.63. The molecule has 1 aromatic carbocycles. The molecule has 2 rings (SSSR count). The van der Waals surface area contributed by atoms with E-state index in [1.165, 1.54) is 18.2 Å². The summed E-state index contributed by atoms with van der Waals surface area (Å²) in [6.45, 7) is 0. The van der Waals surface area contributed by atoms with Crippen molar-refractivity contribution >= 4 is 11.6 Å². The summed E-state index contributed by atoms with van der Waals surface area (Å²) in [5, 5.41) is 9.90. The summed E-state index contributed by atoms with van der Waals surface area (Å²) in [4.78, 5) is 0. The van der Waals surface area contributed by atoms with E-state index in [4.69, 9.17) is 16.0 Å². The lowest BCUT2D eigenvalue weighted by atomic mass is 10.0. The summed E-state index contributed by atoms with van der Waals surface area (Å²) < 4.78 is 17.8. The second-order valence-corrected chi connectivity index (χ2v) is 3.93. The normalized spacial score (nSPS) is 12.7. The molecule has 0 aliphatic carbocycles. The molecule has 0 radical (unpaired) electrons. The lowest BCUT2D eigenvalue weighted by Crippen LogP contribution is -2.01. The maximum absolute atomic E-state index is 12.9. The first-order chi connectivity index (χ1) is 7.66. The molecule has 1 aromatic heterocycles. The van der Waals surface area contributed by atoms with Crippen molar-refractivity contribution in [3.05, 3.63) is 58.8 Å². The van der Waals surface area contributed by atoms with Crippen LogP contribution in [0.3, 0.4) is 0 Å². The van der Waals surface area contributed by atoms with Crippen molar-refractivity contribution in [1.82, 2.24) is 0 Å². The van der Waals surface area contributed by atoms with Crippen LogP contribution in [0.1, 0.15) is 17.2 Å². The molecule has 2 nitrogen and oxygen atoms in total. The van der Waals surface area contributed by atoms with Crippen LogP contribution < -0.4 is 0 Å². The van der Waals surface area contributed by atoms with Crippen molar-refractivity contribution in [2.24, 2.45) is 0 Å². The fourth-order valence-electron chi connectivity index (χ4n) is 1.47. The van der Waals surface area contributed by atoms with E-state index in [1.807, 2.05) is 0 Å². The smallest absolute Gasteiger partial charge is 0.141 e. The van der Waals surface area contributed by atoms with Crippen LogP contribution in [0.15, 0.2) is 41.2 Å². The monoisotopic (exact) mass is 240 g/mol. The highest BCUT2D eigenvalue weighted by Gasteiger charge is 2.11. The molecule has 4 heteroatoms. The van der Waals surface area contributed by atoms with Gasteiger partial charge in [-0.15, -0.1) is 0 Å². The van der Waals surface area contributed by atoms with Crippen LogP contribution >= 0.6 is 11.6 Å². The molecular formula is C12H10ClFO2. The Labute approximate surface area is 97.3 Å². The number of aliphatic hydroxyl groups is 1. The lowest BCUT2D eigenvalue weighted by Gasteiger charge is -2.10. The predicted molar refractivity (Wildman–Crippen MR) is 58.8 cm³/mol. The van der Waals surface area contributed by atoms with Crippen LogP contribution in [0, 0.1) is 5.82 Å². The number of benzene rings is 1. The van der Waals surface area contributed by atoms with Crippen LogP contribution in [0.4, 0.5) is 4.39 Å². The molecule has 84 valence electrons. The molecule has 1 atom stereocenters. The minimum atomic E-state index is -0.712. The van der Waals surface area contributed by atoms with E-state index in [2.05, 4.69) is 0 Å². The second kappa shape index (κ2) is 4.68. The van der Waals surface area contributed by atoms with Gasteiger partial charge in [-0.3, -0.25) is 0 Å². The van der Waals surface area contributed by atoms with E-state index in [1.54, 1.807) is 18.6 Å². The van der Waals surface area contributed by atoms with Gasteiger partial charge in [0.15, 0.2) is 0 Å². The van der Waals surface area contributed by atoms with Crippen LogP contribution in [-0.2, 0) is 6.42 Å². The van der Waals surface area contributed by atoms with Gasteiger partial charge in [0.05, 0.1) is 23.7 Å². The van der Waals surface area contributed by atoms with E-state index in [-0.39, 0.29) is 5.02 Å². The minimum Gasteiger partial charge on any atom is -0.472 e. The number of furan rings is 1. The molecule has 0 aliphatic heterocycles. The molecule has 0 spiro atoms. The van der Waals surface area contributed by atoms with Crippen molar-refractivity contribution in [2.75, 3.05) is 0 Å². The zero-order valence-electron chi connectivity index (χ0n) is 8.36. The van der Waals surface area contributed by atoms with Crippen LogP contribution in [0.2, 0.25) is 5.02 Å². The highest BCUT2D eigenvalue weighted by Crippen LogP contribution is 2.23. The Bertz CT molecular complexity index is 468. The predicted octanol–water partition coefficient (Wildman–Crippen LogP) is 3.35. The molecule has 1 N–H and O–H groups in total. The molecule has 0 amide bonds. The summed E-state index contributed by atoms with van der Waals surface area (Å²) in [6, 6.07) is 5.97. The summed E-state index contributed by atoms with van der Waals surface area (Å²) in [6.07, 6.45) is 2.81. The molecule has 2 aromatic rings. The Morgan fingerprint density at radius 1 is 1.38 bits per heavy atom. The molecule has 1 heterocycles. The van der Waals surface area contributed by atoms with Gasteiger partial charge in [-0.2, -0.15) is 0 Å². The van der Waals surface area contributed by atoms with E-state index in [0.29, 0.717) is 12.0 Å². The zero-order chi connectivity index (χ0) is 11.5. The van der Waals surface area contributed by atoms with Crippen molar-refractivity contribution in [3.63, 3.8) is 0 Å². The number of halogens is 2. The molecule has 16 heavy (non-hydrogen) atoms. The van der Waals surface area contributed by atoms with E-state index in [0.717, 1.165) is 5.56 Å². The minimum absolute atomic E-state index is 0.0174. The molecule has 0 saturated heterocycles. The molecule has 0 aliphatic rings. The van der Waals surface area contributed by atoms with Crippen LogP contribution in [0.5, 0.6) is 0 Å². The van der Waals surface area contributed by atoms with Crippen molar-refractivity contribution < 1.29 is 13.9 Å². The van der Waals surface area contributed by atoms with Gasteiger partial charge in [0, 0.05) is 6.42 Å². The average molecular weight is 241 g/mol. The fourth-order valence-corrected chi connectivity index (χ4v) is 1.66. The Morgan fingerprint density at radius 3 is 2.81 bits per heavy atom. The average Bonchev–Trinajstić information content (AvgIpc) is 2.74. The maximum Gasteiger partial charge on any atom is 0.141 e. The summed E-state index contributed by atoms with van der Waals surface area (Å²) in [5.74, 6) is -0.485. The van der Waals surface area contributed by atoms with Gasteiger partial charge in [-0.05, 0) is 29.3 Å². The zero-order valence-corrected chi connectivity index (χ0v) is 9.12. The Morgan fingerprint density at radius 2 is 2.19 bits per heavy atom.